The third-order valence-corrected chi connectivity index (χ3v) is 4.10. The third kappa shape index (κ3) is 3.02. The largest absolute Gasteiger partial charge is 0.294 e. The number of nitrogens with zero attached hydrogens (tertiary/aromatic N) is 2. The van der Waals surface area contributed by atoms with Gasteiger partial charge in [0.25, 0.3) is 0 Å². The van der Waals surface area contributed by atoms with Crippen molar-refractivity contribution >= 4 is 21.7 Å². The second kappa shape index (κ2) is 6.01. The molecule has 0 fully saturated rings. The molecule has 0 atom stereocenters. The van der Waals surface area contributed by atoms with Crippen molar-refractivity contribution in [3.8, 4) is 0 Å². The summed E-state index contributed by atoms with van der Waals surface area (Å²) in [5.74, 6) is -4.22. The van der Waals surface area contributed by atoms with Crippen molar-refractivity contribution in [3.63, 3.8) is 0 Å². The lowest BCUT2D eigenvalue weighted by Gasteiger charge is -2.07. The molecule has 2 aromatic rings. The number of carbonyl (C=O) groups is 1. The third-order valence-electron chi connectivity index (χ3n) is 3.07. The van der Waals surface area contributed by atoms with Crippen LogP contribution in [0.2, 0.25) is 0 Å². The van der Waals surface area contributed by atoms with Gasteiger partial charge in [-0.1, -0.05) is 0 Å². The van der Waals surface area contributed by atoms with Gasteiger partial charge in [-0.3, -0.25) is 9.48 Å². The van der Waals surface area contributed by atoms with Gasteiger partial charge in [0.2, 0.25) is 0 Å². The highest BCUT2D eigenvalue weighted by atomic mass is 79.9. The minimum Gasteiger partial charge on any atom is -0.294 e. The highest BCUT2D eigenvalue weighted by Crippen LogP contribution is 2.24. The number of Topliss-reactive ketones (excluding diaryl/α,β-unsaturated/α-hetero) is 1. The van der Waals surface area contributed by atoms with Gasteiger partial charge in [-0.2, -0.15) is 5.10 Å². The molecule has 112 valence electrons. The molecule has 0 bridgehead atoms. The van der Waals surface area contributed by atoms with E-state index in [1.807, 2.05) is 6.92 Å². The number of hydrogen-bond donors (Lipinski definition) is 0. The number of hydrogen-bond acceptors (Lipinski definition) is 2. The average molecular weight is 361 g/mol. The number of benzene rings is 1. The van der Waals surface area contributed by atoms with Gasteiger partial charge in [-0.25, -0.2) is 13.2 Å². The molecule has 0 saturated carbocycles. The first-order chi connectivity index (χ1) is 9.85. The number of carbonyl (C=O) groups excluding carboxylic acids is 1. The van der Waals surface area contributed by atoms with E-state index < -0.39 is 28.8 Å². The fraction of sp³-hybridized carbons (Fsp3) is 0.286. The van der Waals surface area contributed by atoms with Crippen LogP contribution in [-0.2, 0) is 13.0 Å². The molecule has 0 spiro atoms. The van der Waals surface area contributed by atoms with Gasteiger partial charge in [0.15, 0.2) is 5.78 Å². The van der Waals surface area contributed by atoms with Crippen LogP contribution < -0.4 is 0 Å². The van der Waals surface area contributed by atoms with E-state index in [9.17, 15) is 18.0 Å². The molecule has 1 aromatic heterocycles. The van der Waals surface area contributed by atoms with Crippen LogP contribution in [0.15, 0.2) is 16.6 Å². The van der Waals surface area contributed by atoms with Gasteiger partial charge >= 0.3 is 0 Å². The van der Waals surface area contributed by atoms with Crippen LogP contribution in [0.3, 0.4) is 0 Å². The molecule has 2 rings (SSSR count). The fourth-order valence-corrected chi connectivity index (χ4v) is 2.51. The van der Waals surface area contributed by atoms with E-state index in [2.05, 4.69) is 21.0 Å². The molecule has 0 amide bonds. The summed E-state index contributed by atoms with van der Waals surface area (Å²) in [5, 5.41) is 4.20. The van der Waals surface area contributed by atoms with Gasteiger partial charge in [0, 0.05) is 18.7 Å². The lowest BCUT2D eigenvalue weighted by Crippen LogP contribution is -2.13. The number of aromatic nitrogens is 2. The Morgan fingerprint density at radius 1 is 1.29 bits per heavy atom. The first kappa shape index (κ1) is 15.8. The lowest BCUT2D eigenvalue weighted by molar-refractivity contribution is 0.0982. The van der Waals surface area contributed by atoms with E-state index in [4.69, 9.17) is 0 Å². The fourth-order valence-electron chi connectivity index (χ4n) is 2.09. The quantitative estimate of drug-likeness (QED) is 0.777. The zero-order valence-electron chi connectivity index (χ0n) is 11.4. The summed E-state index contributed by atoms with van der Waals surface area (Å²) < 4.78 is 42.3. The van der Waals surface area contributed by atoms with Crippen LogP contribution in [0.25, 0.3) is 0 Å². The van der Waals surface area contributed by atoms with E-state index in [1.54, 1.807) is 11.6 Å². The summed E-state index contributed by atoms with van der Waals surface area (Å²) in [6, 6.07) is 0.988. The number of halogens is 4. The first-order valence-corrected chi connectivity index (χ1v) is 7.04. The second-order valence-corrected chi connectivity index (χ2v) is 5.30. The van der Waals surface area contributed by atoms with Crippen LogP contribution in [0, 0.1) is 24.4 Å². The summed E-state index contributed by atoms with van der Waals surface area (Å²) in [7, 11) is 0. The van der Waals surface area contributed by atoms with Crippen molar-refractivity contribution in [1.29, 1.82) is 0 Å². The Morgan fingerprint density at radius 2 is 1.86 bits per heavy atom. The molecule has 0 unspecified atom stereocenters. The highest BCUT2D eigenvalue weighted by molar-refractivity contribution is 9.10. The summed E-state index contributed by atoms with van der Waals surface area (Å²) in [5.41, 5.74) is 0.479. The standard InChI is InChI=1S/C14H12BrF3N2O/c1-3-20-11(14(15)7(2)19-20)6-12(21)13-9(17)4-8(16)5-10(13)18/h4-5H,3,6H2,1-2H3. The molecule has 0 radical (unpaired) electrons. The molecule has 7 heteroatoms. The zero-order chi connectivity index (χ0) is 15.7. The molecule has 1 heterocycles. The second-order valence-electron chi connectivity index (χ2n) is 4.51. The van der Waals surface area contributed by atoms with E-state index in [0.29, 0.717) is 34.5 Å². The predicted octanol–water partition coefficient (Wildman–Crippen LogP) is 3.82. The predicted molar refractivity (Wildman–Crippen MR) is 74.7 cm³/mol. The van der Waals surface area contributed by atoms with E-state index >= 15 is 0 Å². The van der Waals surface area contributed by atoms with Crippen molar-refractivity contribution in [3.05, 3.63) is 51.0 Å². The topological polar surface area (TPSA) is 34.9 Å². The maximum absolute atomic E-state index is 13.6. The molecule has 0 aliphatic rings. The summed E-state index contributed by atoms with van der Waals surface area (Å²) in [6.45, 7) is 4.11. The minimum absolute atomic E-state index is 0.227. The Morgan fingerprint density at radius 3 is 2.38 bits per heavy atom. The normalized spacial score (nSPS) is 11.0. The van der Waals surface area contributed by atoms with Gasteiger partial charge < -0.3 is 0 Å². The maximum Gasteiger partial charge on any atom is 0.174 e. The Hall–Kier alpha value is -1.63. The Kier molecular flexibility index (Phi) is 4.51. The zero-order valence-corrected chi connectivity index (χ0v) is 13.0. The smallest absolute Gasteiger partial charge is 0.174 e. The Labute approximate surface area is 127 Å². The molecular formula is C14H12BrF3N2O. The number of ketones is 1. The molecule has 0 N–H and O–H groups in total. The summed E-state index contributed by atoms with van der Waals surface area (Å²) >= 11 is 3.31. The lowest BCUT2D eigenvalue weighted by atomic mass is 10.0. The van der Waals surface area contributed by atoms with Crippen LogP contribution in [0.1, 0.15) is 28.7 Å². The average Bonchev–Trinajstić information content (AvgIpc) is 2.65. The van der Waals surface area contributed by atoms with Gasteiger partial charge in [0.1, 0.15) is 17.5 Å². The van der Waals surface area contributed by atoms with Crippen molar-refractivity contribution < 1.29 is 18.0 Å². The van der Waals surface area contributed by atoms with Crippen LogP contribution in [0.4, 0.5) is 13.2 Å². The summed E-state index contributed by atoms with van der Waals surface area (Å²) in [6.07, 6.45) is -0.227. The minimum atomic E-state index is -1.20. The van der Waals surface area contributed by atoms with Crippen molar-refractivity contribution in [2.45, 2.75) is 26.8 Å². The van der Waals surface area contributed by atoms with Gasteiger partial charge in [-0.15, -0.1) is 0 Å². The van der Waals surface area contributed by atoms with Crippen LogP contribution in [0.5, 0.6) is 0 Å². The van der Waals surface area contributed by atoms with E-state index in [-0.39, 0.29) is 6.42 Å². The van der Waals surface area contributed by atoms with Crippen molar-refractivity contribution in [2.24, 2.45) is 0 Å². The molecule has 21 heavy (non-hydrogen) atoms. The van der Waals surface area contributed by atoms with Crippen molar-refractivity contribution in [1.82, 2.24) is 9.78 Å². The molecule has 3 nitrogen and oxygen atoms in total. The Balaban J connectivity index is 2.40. The molecule has 0 saturated heterocycles. The van der Waals surface area contributed by atoms with Gasteiger partial charge in [0.05, 0.1) is 27.8 Å². The van der Waals surface area contributed by atoms with Crippen LogP contribution >= 0.6 is 15.9 Å². The van der Waals surface area contributed by atoms with E-state index in [1.165, 1.54) is 0 Å². The van der Waals surface area contributed by atoms with Crippen molar-refractivity contribution in [2.75, 3.05) is 0 Å². The molecular weight excluding hydrogens is 349 g/mol. The Bertz CT molecular complexity index is 689. The SMILES string of the molecule is CCn1nc(C)c(Br)c1CC(=O)c1c(F)cc(F)cc1F. The van der Waals surface area contributed by atoms with Gasteiger partial charge in [-0.05, 0) is 29.8 Å². The summed E-state index contributed by atoms with van der Waals surface area (Å²) in [4.78, 5) is 12.1. The highest BCUT2D eigenvalue weighted by Gasteiger charge is 2.22. The van der Waals surface area contributed by atoms with E-state index in [0.717, 1.165) is 0 Å². The first-order valence-electron chi connectivity index (χ1n) is 6.24. The molecule has 0 aliphatic carbocycles. The number of rotatable bonds is 4. The maximum atomic E-state index is 13.6. The monoisotopic (exact) mass is 360 g/mol. The van der Waals surface area contributed by atoms with Crippen LogP contribution in [-0.4, -0.2) is 15.6 Å². The number of aryl methyl sites for hydroxylation is 2. The molecule has 0 aliphatic heterocycles. The molecule has 1 aromatic carbocycles.